The van der Waals surface area contributed by atoms with E-state index >= 15 is 0 Å². The number of ether oxygens (including phenoxy) is 1. The Kier molecular flexibility index (Phi) is 4.88. The molecule has 0 saturated heterocycles. The zero-order chi connectivity index (χ0) is 17.9. The molecule has 2 aromatic carbocycles. The summed E-state index contributed by atoms with van der Waals surface area (Å²) < 4.78 is 18.0. The number of hydrogen-bond acceptors (Lipinski definition) is 5. The number of primary amides is 1. The van der Waals surface area contributed by atoms with Gasteiger partial charge in [-0.15, -0.1) is 0 Å². The Bertz CT molecular complexity index is 805. The molecule has 0 radical (unpaired) electrons. The molecule has 2 rings (SSSR count). The van der Waals surface area contributed by atoms with Gasteiger partial charge in [-0.25, -0.2) is 9.18 Å². The van der Waals surface area contributed by atoms with E-state index < -0.39 is 34.4 Å². The van der Waals surface area contributed by atoms with Crippen molar-refractivity contribution >= 4 is 17.6 Å². The molecule has 0 saturated carbocycles. The van der Waals surface area contributed by atoms with Crippen LogP contribution in [0.15, 0.2) is 42.5 Å². The molecule has 2 aromatic rings. The minimum absolute atomic E-state index is 0.160. The Morgan fingerprint density at radius 1 is 1.21 bits per heavy atom. The number of amides is 1. The number of benzene rings is 2. The normalized spacial score (nSPS) is 11.6. The third-order valence-corrected chi connectivity index (χ3v) is 3.30. The molecule has 1 amide bonds. The molecule has 1 atom stereocenters. The van der Waals surface area contributed by atoms with Gasteiger partial charge >= 0.3 is 5.97 Å². The standard InChI is InChI=1S/C16H13FN2O5/c1-9-3-2-4-12(13(9)19(22)23)16(21)24-14(15(18)20)10-5-7-11(17)8-6-10/h2-8,14H,1H3,(H2,18,20). The lowest BCUT2D eigenvalue weighted by Crippen LogP contribution is -2.26. The third-order valence-electron chi connectivity index (χ3n) is 3.30. The minimum atomic E-state index is -1.49. The van der Waals surface area contributed by atoms with Gasteiger partial charge in [0, 0.05) is 11.1 Å². The van der Waals surface area contributed by atoms with E-state index in [1.807, 2.05) is 0 Å². The number of carbonyl (C=O) groups excluding carboxylic acids is 2. The Morgan fingerprint density at radius 2 is 1.83 bits per heavy atom. The maximum absolute atomic E-state index is 13.0. The van der Waals surface area contributed by atoms with Gasteiger partial charge in [-0.1, -0.05) is 24.3 Å². The molecule has 0 spiro atoms. The first kappa shape index (κ1) is 17.1. The summed E-state index contributed by atoms with van der Waals surface area (Å²) in [5.41, 5.74) is 4.94. The fourth-order valence-corrected chi connectivity index (χ4v) is 2.16. The summed E-state index contributed by atoms with van der Waals surface area (Å²) in [6.07, 6.45) is -1.49. The van der Waals surface area contributed by atoms with Gasteiger partial charge in [0.1, 0.15) is 11.4 Å². The van der Waals surface area contributed by atoms with E-state index in [-0.39, 0.29) is 16.7 Å². The molecule has 2 N–H and O–H groups in total. The van der Waals surface area contributed by atoms with Crippen LogP contribution < -0.4 is 5.73 Å². The average molecular weight is 332 g/mol. The van der Waals surface area contributed by atoms with Gasteiger partial charge in [0.05, 0.1) is 4.92 Å². The summed E-state index contributed by atoms with van der Waals surface area (Å²) in [5, 5.41) is 11.1. The van der Waals surface area contributed by atoms with Crippen LogP contribution >= 0.6 is 0 Å². The second-order valence-corrected chi connectivity index (χ2v) is 4.97. The number of nitro groups is 1. The van der Waals surface area contributed by atoms with E-state index in [1.165, 1.54) is 37.3 Å². The highest BCUT2D eigenvalue weighted by Crippen LogP contribution is 2.26. The van der Waals surface area contributed by atoms with Crippen molar-refractivity contribution < 1.29 is 23.6 Å². The zero-order valence-corrected chi connectivity index (χ0v) is 12.6. The van der Waals surface area contributed by atoms with Crippen molar-refractivity contribution in [2.24, 2.45) is 5.73 Å². The first-order valence-electron chi connectivity index (χ1n) is 6.81. The van der Waals surface area contributed by atoms with E-state index in [2.05, 4.69) is 0 Å². The summed E-state index contributed by atoms with van der Waals surface area (Å²) in [6, 6.07) is 8.78. The number of rotatable bonds is 5. The minimum Gasteiger partial charge on any atom is -0.444 e. The summed E-state index contributed by atoms with van der Waals surface area (Å²) in [7, 11) is 0. The first-order valence-corrected chi connectivity index (χ1v) is 6.81. The Balaban J connectivity index is 2.36. The van der Waals surface area contributed by atoms with E-state index in [4.69, 9.17) is 10.5 Å². The number of para-hydroxylation sites is 1. The maximum atomic E-state index is 13.0. The summed E-state index contributed by atoms with van der Waals surface area (Å²) in [4.78, 5) is 34.3. The van der Waals surface area contributed by atoms with E-state index in [9.17, 15) is 24.1 Å². The van der Waals surface area contributed by atoms with Crippen LogP contribution in [0.25, 0.3) is 0 Å². The molecule has 8 heteroatoms. The van der Waals surface area contributed by atoms with Crippen LogP contribution in [0.4, 0.5) is 10.1 Å². The van der Waals surface area contributed by atoms with Crippen LogP contribution in [-0.2, 0) is 9.53 Å². The Labute approximate surface area is 136 Å². The average Bonchev–Trinajstić information content (AvgIpc) is 2.52. The largest absolute Gasteiger partial charge is 0.444 e. The molecule has 0 aromatic heterocycles. The second-order valence-electron chi connectivity index (χ2n) is 4.97. The first-order chi connectivity index (χ1) is 11.3. The van der Waals surface area contributed by atoms with E-state index in [0.717, 1.165) is 12.1 Å². The van der Waals surface area contributed by atoms with Crippen molar-refractivity contribution in [3.63, 3.8) is 0 Å². The number of aryl methyl sites for hydroxylation is 1. The molecule has 24 heavy (non-hydrogen) atoms. The number of esters is 1. The van der Waals surface area contributed by atoms with Crippen molar-refractivity contribution in [1.29, 1.82) is 0 Å². The topological polar surface area (TPSA) is 113 Å². The number of nitrogens with two attached hydrogens (primary N) is 1. The smallest absolute Gasteiger partial charge is 0.346 e. The molecule has 1 unspecified atom stereocenters. The molecule has 0 bridgehead atoms. The lowest BCUT2D eigenvalue weighted by Gasteiger charge is -2.15. The van der Waals surface area contributed by atoms with Crippen molar-refractivity contribution in [2.75, 3.05) is 0 Å². The summed E-state index contributed by atoms with van der Waals surface area (Å²) >= 11 is 0. The number of carbonyl (C=O) groups is 2. The van der Waals surface area contributed by atoms with Gasteiger partial charge in [0.2, 0.25) is 6.10 Å². The fraction of sp³-hybridized carbons (Fsp3) is 0.125. The summed E-state index contributed by atoms with van der Waals surface area (Å²) in [6.45, 7) is 1.47. The fourth-order valence-electron chi connectivity index (χ4n) is 2.16. The molecule has 0 fully saturated rings. The van der Waals surface area contributed by atoms with Crippen molar-refractivity contribution in [3.8, 4) is 0 Å². The Morgan fingerprint density at radius 3 is 2.38 bits per heavy atom. The van der Waals surface area contributed by atoms with Crippen LogP contribution in [0, 0.1) is 22.9 Å². The van der Waals surface area contributed by atoms with Gasteiger partial charge in [0.15, 0.2) is 0 Å². The molecule has 7 nitrogen and oxygen atoms in total. The number of halogens is 1. The Hall–Kier alpha value is -3.29. The van der Waals surface area contributed by atoms with Crippen LogP contribution in [0.1, 0.15) is 27.6 Å². The predicted octanol–water partition coefficient (Wildman–Crippen LogP) is 2.43. The lowest BCUT2D eigenvalue weighted by atomic mass is 10.1. The molecule has 0 aliphatic rings. The highest BCUT2D eigenvalue weighted by molar-refractivity contribution is 5.96. The van der Waals surface area contributed by atoms with Crippen molar-refractivity contribution in [1.82, 2.24) is 0 Å². The van der Waals surface area contributed by atoms with Gasteiger partial charge in [-0.3, -0.25) is 14.9 Å². The SMILES string of the molecule is Cc1cccc(C(=O)OC(C(N)=O)c2ccc(F)cc2)c1[N+](=O)[O-]. The highest BCUT2D eigenvalue weighted by atomic mass is 19.1. The van der Waals surface area contributed by atoms with Crippen LogP contribution in [0.5, 0.6) is 0 Å². The number of hydrogen-bond donors (Lipinski definition) is 1. The van der Waals surface area contributed by atoms with Gasteiger partial charge < -0.3 is 10.5 Å². The molecular formula is C16H13FN2O5. The van der Waals surface area contributed by atoms with Gasteiger partial charge in [0.25, 0.3) is 11.6 Å². The quantitative estimate of drug-likeness (QED) is 0.513. The monoisotopic (exact) mass is 332 g/mol. The van der Waals surface area contributed by atoms with E-state index in [1.54, 1.807) is 0 Å². The highest BCUT2D eigenvalue weighted by Gasteiger charge is 2.28. The zero-order valence-electron chi connectivity index (χ0n) is 12.6. The predicted molar refractivity (Wildman–Crippen MR) is 81.6 cm³/mol. The van der Waals surface area contributed by atoms with Gasteiger partial charge in [-0.2, -0.15) is 0 Å². The third kappa shape index (κ3) is 3.54. The molecule has 0 aliphatic heterocycles. The van der Waals surface area contributed by atoms with Crippen LogP contribution in [0.3, 0.4) is 0 Å². The van der Waals surface area contributed by atoms with Crippen molar-refractivity contribution in [2.45, 2.75) is 13.0 Å². The second kappa shape index (κ2) is 6.86. The lowest BCUT2D eigenvalue weighted by molar-refractivity contribution is -0.385. The number of nitrogens with zero attached hydrogens (tertiary/aromatic N) is 1. The molecular weight excluding hydrogens is 319 g/mol. The van der Waals surface area contributed by atoms with Gasteiger partial charge in [-0.05, 0) is 25.1 Å². The van der Waals surface area contributed by atoms with Crippen LogP contribution in [0.2, 0.25) is 0 Å². The maximum Gasteiger partial charge on any atom is 0.346 e. The van der Waals surface area contributed by atoms with Crippen molar-refractivity contribution in [3.05, 3.63) is 75.1 Å². The number of nitro benzene ring substituents is 1. The molecule has 0 aliphatic carbocycles. The molecule has 0 heterocycles. The van der Waals surface area contributed by atoms with Crippen LogP contribution in [-0.4, -0.2) is 16.8 Å². The van der Waals surface area contributed by atoms with E-state index in [0.29, 0.717) is 0 Å². The summed E-state index contributed by atoms with van der Waals surface area (Å²) in [5.74, 6) is -2.59. The molecule has 124 valence electrons.